The predicted octanol–water partition coefficient (Wildman–Crippen LogP) is 2.80. The van der Waals surface area contributed by atoms with Gasteiger partial charge in [-0.15, -0.1) is 0 Å². The van der Waals surface area contributed by atoms with Crippen molar-refractivity contribution in [3.05, 3.63) is 33.8 Å². The molecule has 1 amide bonds. The summed E-state index contributed by atoms with van der Waals surface area (Å²) in [6, 6.07) is 1.57. The first-order chi connectivity index (χ1) is 8.62. The van der Waals surface area contributed by atoms with E-state index in [9.17, 15) is 22.8 Å². The molecule has 1 unspecified atom stereocenters. The van der Waals surface area contributed by atoms with E-state index in [4.69, 9.17) is 28.3 Å². The largest absolute Gasteiger partial charge is 0.479 e. The van der Waals surface area contributed by atoms with E-state index in [0.717, 1.165) is 12.1 Å². The number of alkyl halides is 3. The molecule has 0 aliphatic carbocycles. The first kappa shape index (κ1) is 15.6. The van der Waals surface area contributed by atoms with E-state index in [1.54, 1.807) is 0 Å². The summed E-state index contributed by atoms with van der Waals surface area (Å²) in [5.41, 5.74) is -0.125. The van der Waals surface area contributed by atoms with Crippen LogP contribution in [0.3, 0.4) is 0 Å². The van der Waals surface area contributed by atoms with Crippen molar-refractivity contribution >= 4 is 35.1 Å². The molecule has 0 saturated carbocycles. The highest BCUT2D eigenvalue weighted by atomic mass is 35.5. The zero-order valence-corrected chi connectivity index (χ0v) is 10.5. The zero-order valence-electron chi connectivity index (χ0n) is 8.96. The first-order valence-corrected chi connectivity index (χ1v) is 5.44. The molecule has 19 heavy (non-hydrogen) atoms. The molecule has 1 aromatic carbocycles. The highest BCUT2D eigenvalue weighted by molar-refractivity contribution is 6.42. The number of carbonyl (C=O) groups is 2. The minimum Gasteiger partial charge on any atom is -0.479 e. The zero-order chi connectivity index (χ0) is 14.8. The van der Waals surface area contributed by atoms with Gasteiger partial charge in [0, 0.05) is 0 Å². The summed E-state index contributed by atoms with van der Waals surface area (Å²) in [5.74, 6) is -4.01. The van der Waals surface area contributed by atoms with Crippen LogP contribution >= 0.6 is 23.2 Å². The second-order valence-electron chi connectivity index (χ2n) is 3.42. The molecule has 2 N–H and O–H groups in total. The number of benzene rings is 1. The Hall–Kier alpha value is -1.47. The second-order valence-corrected chi connectivity index (χ2v) is 4.23. The first-order valence-electron chi connectivity index (χ1n) is 4.68. The summed E-state index contributed by atoms with van der Waals surface area (Å²) in [5, 5.41) is 10.3. The minimum atomic E-state index is -5.18. The average Bonchev–Trinajstić information content (AvgIpc) is 2.27. The van der Waals surface area contributed by atoms with Crippen molar-refractivity contribution in [1.82, 2.24) is 5.32 Å². The van der Waals surface area contributed by atoms with E-state index >= 15 is 0 Å². The van der Waals surface area contributed by atoms with Crippen molar-refractivity contribution in [1.29, 1.82) is 0 Å². The number of carbonyl (C=O) groups excluding carboxylic acids is 1. The lowest BCUT2D eigenvalue weighted by atomic mass is 10.1. The fraction of sp³-hybridized carbons (Fsp3) is 0.200. The highest BCUT2D eigenvalue weighted by Crippen LogP contribution is 2.26. The van der Waals surface area contributed by atoms with E-state index in [-0.39, 0.29) is 15.6 Å². The number of halogens is 5. The van der Waals surface area contributed by atoms with Crippen LogP contribution in [0, 0.1) is 0 Å². The van der Waals surface area contributed by atoms with E-state index in [0.29, 0.717) is 0 Å². The second kappa shape index (κ2) is 5.66. The molecule has 0 spiro atoms. The predicted molar refractivity (Wildman–Crippen MR) is 61.0 cm³/mol. The maximum absolute atomic E-state index is 12.1. The fourth-order valence-corrected chi connectivity index (χ4v) is 1.50. The summed E-state index contributed by atoms with van der Waals surface area (Å²) >= 11 is 11.2. The molecule has 9 heteroatoms. The molecule has 0 aliphatic rings. The molecule has 0 heterocycles. The summed E-state index contributed by atoms with van der Waals surface area (Å²) in [4.78, 5) is 21.6. The topological polar surface area (TPSA) is 66.4 Å². The Morgan fingerprint density at radius 3 is 2.21 bits per heavy atom. The maximum Gasteiger partial charge on any atom is 0.471 e. The van der Waals surface area contributed by atoms with Crippen LogP contribution in [0.4, 0.5) is 13.2 Å². The van der Waals surface area contributed by atoms with E-state index in [1.807, 2.05) is 0 Å². The normalized spacial score (nSPS) is 12.9. The van der Waals surface area contributed by atoms with Gasteiger partial charge in [0.2, 0.25) is 0 Å². The van der Waals surface area contributed by atoms with Crippen LogP contribution < -0.4 is 5.32 Å². The molecule has 1 aromatic rings. The lowest BCUT2D eigenvalue weighted by molar-refractivity contribution is -0.175. The number of nitrogens with one attached hydrogen (secondary N) is 1. The van der Waals surface area contributed by atoms with Gasteiger partial charge in [0.1, 0.15) is 0 Å². The van der Waals surface area contributed by atoms with E-state index < -0.39 is 24.1 Å². The summed E-state index contributed by atoms with van der Waals surface area (Å²) in [6.07, 6.45) is -5.18. The molecule has 0 aromatic heterocycles. The molecule has 4 nitrogen and oxygen atoms in total. The number of rotatable bonds is 3. The third-order valence-electron chi connectivity index (χ3n) is 2.06. The number of hydrogen-bond acceptors (Lipinski definition) is 2. The van der Waals surface area contributed by atoms with Crippen LogP contribution in [0.2, 0.25) is 10.0 Å². The summed E-state index contributed by atoms with van der Waals surface area (Å²) in [6.45, 7) is 0. The third kappa shape index (κ3) is 4.00. The van der Waals surface area contributed by atoms with E-state index in [2.05, 4.69) is 0 Å². The van der Waals surface area contributed by atoms with Gasteiger partial charge in [-0.1, -0.05) is 29.3 Å². The summed E-state index contributed by atoms with van der Waals surface area (Å²) in [7, 11) is 0. The lowest BCUT2D eigenvalue weighted by Gasteiger charge is -2.16. The number of hydrogen-bond donors (Lipinski definition) is 2. The summed E-state index contributed by atoms with van der Waals surface area (Å²) < 4.78 is 36.2. The Kier molecular flexibility index (Phi) is 4.65. The fourth-order valence-electron chi connectivity index (χ4n) is 1.19. The quantitative estimate of drug-likeness (QED) is 0.901. The monoisotopic (exact) mass is 315 g/mol. The molecule has 0 bridgehead atoms. The molecular weight excluding hydrogens is 310 g/mol. The van der Waals surface area contributed by atoms with Gasteiger partial charge in [0.05, 0.1) is 10.0 Å². The Bertz CT molecular complexity index is 519. The van der Waals surface area contributed by atoms with Crippen molar-refractivity contribution in [2.45, 2.75) is 12.2 Å². The van der Waals surface area contributed by atoms with Crippen LogP contribution in [-0.4, -0.2) is 23.2 Å². The smallest absolute Gasteiger partial charge is 0.471 e. The van der Waals surface area contributed by atoms with Crippen molar-refractivity contribution in [3.8, 4) is 0 Å². The number of carboxylic acids is 1. The van der Waals surface area contributed by atoms with Crippen molar-refractivity contribution in [2.24, 2.45) is 0 Å². The molecule has 0 radical (unpaired) electrons. The molecule has 0 fully saturated rings. The lowest BCUT2D eigenvalue weighted by Crippen LogP contribution is -2.41. The maximum atomic E-state index is 12.1. The number of amides is 1. The average molecular weight is 316 g/mol. The van der Waals surface area contributed by atoms with Gasteiger partial charge in [-0.25, -0.2) is 4.79 Å². The molecular formula is C10H6Cl2F3NO3. The molecule has 1 atom stereocenters. The van der Waals surface area contributed by atoms with Gasteiger partial charge in [0.25, 0.3) is 0 Å². The third-order valence-corrected chi connectivity index (χ3v) is 2.80. The van der Waals surface area contributed by atoms with Gasteiger partial charge in [-0.2, -0.15) is 13.2 Å². The van der Waals surface area contributed by atoms with Gasteiger partial charge in [-0.05, 0) is 17.7 Å². The minimum absolute atomic E-state index is 0.0355. The Morgan fingerprint density at radius 1 is 1.21 bits per heavy atom. The molecule has 0 aliphatic heterocycles. The van der Waals surface area contributed by atoms with Crippen LogP contribution in [0.25, 0.3) is 0 Å². The van der Waals surface area contributed by atoms with Crippen LogP contribution in [-0.2, 0) is 9.59 Å². The highest BCUT2D eigenvalue weighted by Gasteiger charge is 2.41. The SMILES string of the molecule is O=C(O)C(NC(=O)C(F)(F)F)c1ccc(Cl)c(Cl)c1. The number of aliphatic carboxylic acids is 1. The van der Waals surface area contributed by atoms with Gasteiger partial charge >= 0.3 is 18.1 Å². The van der Waals surface area contributed by atoms with Crippen molar-refractivity contribution in [2.75, 3.05) is 0 Å². The Morgan fingerprint density at radius 2 is 1.79 bits per heavy atom. The molecule has 1 rings (SSSR count). The van der Waals surface area contributed by atoms with Crippen molar-refractivity contribution in [3.63, 3.8) is 0 Å². The van der Waals surface area contributed by atoms with Crippen LogP contribution in [0.1, 0.15) is 11.6 Å². The molecule has 104 valence electrons. The van der Waals surface area contributed by atoms with Gasteiger partial charge in [0.15, 0.2) is 6.04 Å². The van der Waals surface area contributed by atoms with Crippen molar-refractivity contribution < 1.29 is 27.9 Å². The standard InChI is InChI=1S/C10H6Cl2F3NO3/c11-5-2-1-4(3-6(5)12)7(8(17)18)16-9(19)10(13,14)15/h1-3,7H,(H,16,19)(H,17,18). The Balaban J connectivity index is 3.05. The van der Waals surface area contributed by atoms with E-state index in [1.165, 1.54) is 11.4 Å². The van der Waals surface area contributed by atoms with Crippen LogP contribution in [0.15, 0.2) is 18.2 Å². The Labute approximate surface area is 115 Å². The van der Waals surface area contributed by atoms with Gasteiger partial charge < -0.3 is 10.4 Å². The van der Waals surface area contributed by atoms with Gasteiger partial charge in [-0.3, -0.25) is 4.79 Å². The van der Waals surface area contributed by atoms with Crippen LogP contribution in [0.5, 0.6) is 0 Å². The number of carboxylic acid groups (broad SMARTS) is 1. The molecule has 0 saturated heterocycles.